The molecule has 1 aliphatic rings. The maximum absolute atomic E-state index is 12.6. The van der Waals surface area contributed by atoms with Crippen LogP contribution < -0.4 is 10.0 Å². The molecule has 0 radical (unpaired) electrons. The average Bonchev–Trinajstić information content (AvgIpc) is 2.73. The number of nitrogens with zero attached hydrogens (tertiary/aromatic N) is 1. The summed E-state index contributed by atoms with van der Waals surface area (Å²) in [6.07, 6.45) is 3.72. The van der Waals surface area contributed by atoms with E-state index >= 15 is 0 Å². The van der Waals surface area contributed by atoms with E-state index in [1.165, 1.54) is 0 Å². The van der Waals surface area contributed by atoms with E-state index in [9.17, 15) is 8.42 Å². The van der Waals surface area contributed by atoms with Crippen LogP contribution >= 0.6 is 0 Å². The molecule has 0 bridgehead atoms. The fourth-order valence-electron chi connectivity index (χ4n) is 2.58. The SMILES string of the molecule is CCNCc1c(S(=O)(=O)NC2(CC)CCC2)n[nH]c1C. The van der Waals surface area contributed by atoms with Crippen molar-refractivity contribution in [2.75, 3.05) is 6.54 Å². The van der Waals surface area contributed by atoms with Gasteiger partial charge in [0.2, 0.25) is 0 Å². The van der Waals surface area contributed by atoms with E-state index in [2.05, 4.69) is 20.2 Å². The first-order valence-electron chi connectivity index (χ1n) is 7.22. The molecule has 3 N–H and O–H groups in total. The van der Waals surface area contributed by atoms with Gasteiger partial charge >= 0.3 is 0 Å². The molecule has 6 nitrogen and oxygen atoms in total. The van der Waals surface area contributed by atoms with Gasteiger partial charge in [0.05, 0.1) is 0 Å². The lowest BCUT2D eigenvalue weighted by Gasteiger charge is -2.41. The van der Waals surface area contributed by atoms with Gasteiger partial charge < -0.3 is 5.32 Å². The average molecular weight is 300 g/mol. The molecule has 0 aliphatic heterocycles. The highest BCUT2D eigenvalue weighted by molar-refractivity contribution is 7.89. The first-order chi connectivity index (χ1) is 9.44. The summed E-state index contributed by atoms with van der Waals surface area (Å²) in [5.41, 5.74) is 1.26. The fraction of sp³-hybridized carbons (Fsp3) is 0.769. The molecular formula is C13H24N4O2S. The van der Waals surface area contributed by atoms with Crippen LogP contribution in [0.4, 0.5) is 0 Å². The Morgan fingerprint density at radius 3 is 2.55 bits per heavy atom. The maximum Gasteiger partial charge on any atom is 0.260 e. The smallest absolute Gasteiger partial charge is 0.260 e. The molecule has 1 heterocycles. The topological polar surface area (TPSA) is 86.9 Å². The Kier molecular flexibility index (Phi) is 4.51. The number of hydrogen-bond donors (Lipinski definition) is 3. The van der Waals surface area contributed by atoms with E-state index in [-0.39, 0.29) is 10.6 Å². The summed E-state index contributed by atoms with van der Waals surface area (Å²) in [7, 11) is -3.56. The standard InChI is InChI=1S/C13H24N4O2S/c1-4-13(7-6-8-13)17-20(18,19)12-11(9-14-5-2)10(3)15-16-12/h14,17H,4-9H2,1-3H3,(H,15,16). The van der Waals surface area contributed by atoms with Crippen LogP contribution in [-0.2, 0) is 16.6 Å². The van der Waals surface area contributed by atoms with Crippen LogP contribution in [0.15, 0.2) is 5.03 Å². The van der Waals surface area contributed by atoms with E-state index in [4.69, 9.17) is 0 Å². The quantitative estimate of drug-likeness (QED) is 0.711. The van der Waals surface area contributed by atoms with Crippen LogP contribution in [-0.4, -0.2) is 30.7 Å². The van der Waals surface area contributed by atoms with Crippen molar-refractivity contribution < 1.29 is 8.42 Å². The number of aryl methyl sites for hydroxylation is 1. The highest BCUT2D eigenvalue weighted by atomic mass is 32.2. The van der Waals surface area contributed by atoms with Gasteiger partial charge in [0.1, 0.15) is 0 Å². The minimum atomic E-state index is -3.56. The Hall–Kier alpha value is -0.920. The third-order valence-electron chi connectivity index (χ3n) is 4.18. The van der Waals surface area contributed by atoms with Crippen LogP contribution in [0.1, 0.15) is 50.8 Å². The predicted molar refractivity (Wildman–Crippen MR) is 77.9 cm³/mol. The van der Waals surface area contributed by atoms with Crippen molar-refractivity contribution >= 4 is 10.0 Å². The Morgan fingerprint density at radius 2 is 2.05 bits per heavy atom. The number of aromatic nitrogens is 2. The van der Waals surface area contributed by atoms with Gasteiger partial charge in [-0.15, -0.1) is 0 Å². The Balaban J connectivity index is 2.25. The number of H-pyrrole nitrogens is 1. The second-order valence-electron chi connectivity index (χ2n) is 5.51. The number of sulfonamides is 1. The van der Waals surface area contributed by atoms with Crippen molar-refractivity contribution in [3.63, 3.8) is 0 Å². The Labute approximate surface area is 120 Å². The summed E-state index contributed by atoms with van der Waals surface area (Å²) in [6, 6.07) is 0. The molecule has 2 rings (SSSR count). The summed E-state index contributed by atoms with van der Waals surface area (Å²) in [6.45, 7) is 7.15. The fourth-order valence-corrected chi connectivity index (χ4v) is 4.31. The molecular weight excluding hydrogens is 276 g/mol. The van der Waals surface area contributed by atoms with Crippen LogP contribution in [0.25, 0.3) is 0 Å². The van der Waals surface area contributed by atoms with Crippen LogP contribution in [0.3, 0.4) is 0 Å². The second kappa shape index (κ2) is 5.83. The molecule has 0 atom stereocenters. The van der Waals surface area contributed by atoms with Gasteiger partial charge in [-0.2, -0.15) is 5.10 Å². The summed E-state index contributed by atoms with van der Waals surface area (Å²) >= 11 is 0. The lowest BCUT2D eigenvalue weighted by Crippen LogP contribution is -2.53. The molecule has 1 saturated carbocycles. The molecule has 114 valence electrons. The van der Waals surface area contributed by atoms with E-state index in [1.807, 2.05) is 20.8 Å². The van der Waals surface area contributed by atoms with Gasteiger partial charge in [0.15, 0.2) is 5.03 Å². The zero-order valence-electron chi connectivity index (χ0n) is 12.4. The number of rotatable bonds is 7. The van der Waals surface area contributed by atoms with E-state index in [1.54, 1.807) is 0 Å². The summed E-state index contributed by atoms with van der Waals surface area (Å²) < 4.78 is 28.0. The zero-order chi connectivity index (χ0) is 14.8. The van der Waals surface area contributed by atoms with Gasteiger partial charge in [-0.3, -0.25) is 5.10 Å². The first kappa shape index (κ1) is 15.5. The normalized spacial score (nSPS) is 17.9. The highest BCUT2D eigenvalue weighted by Crippen LogP contribution is 2.36. The van der Waals surface area contributed by atoms with Gasteiger partial charge in [-0.25, -0.2) is 13.1 Å². The third kappa shape index (κ3) is 2.89. The van der Waals surface area contributed by atoms with E-state index in [0.29, 0.717) is 6.54 Å². The van der Waals surface area contributed by atoms with Crippen LogP contribution in [0, 0.1) is 6.92 Å². The number of hydrogen-bond acceptors (Lipinski definition) is 4. The predicted octanol–water partition coefficient (Wildman–Crippen LogP) is 1.44. The molecule has 1 fully saturated rings. The molecule has 0 aromatic carbocycles. The molecule has 0 spiro atoms. The third-order valence-corrected chi connectivity index (χ3v) is 5.73. The summed E-state index contributed by atoms with van der Waals surface area (Å²) in [5.74, 6) is 0. The largest absolute Gasteiger partial charge is 0.313 e. The first-order valence-corrected chi connectivity index (χ1v) is 8.71. The van der Waals surface area contributed by atoms with Crippen molar-refractivity contribution in [2.45, 2.75) is 63.6 Å². The van der Waals surface area contributed by atoms with Crippen molar-refractivity contribution in [3.8, 4) is 0 Å². The van der Waals surface area contributed by atoms with Crippen molar-refractivity contribution in [2.24, 2.45) is 0 Å². The zero-order valence-corrected chi connectivity index (χ0v) is 13.2. The van der Waals surface area contributed by atoms with Crippen LogP contribution in [0.2, 0.25) is 0 Å². The Bertz CT molecular complexity index is 555. The van der Waals surface area contributed by atoms with Gasteiger partial charge in [-0.1, -0.05) is 13.8 Å². The molecule has 20 heavy (non-hydrogen) atoms. The summed E-state index contributed by atoms with van der Waals surface area (Å²) in [4.78, 5) is 0. The molecule has 7 heteroatoms. The van der Waals surface area contributed by atoms with E-state index < -0.39 is 10.0 Å². The van der Waals surface area contributed by atoms with Gasteiger partial charge in [0, 0.05) is 23.3 Å². The molecule has 0 amide bonds. The monoisotopic (exact) mass is 300 g/mol. The molecule has 0 saturated heterocycles. The lowest BCUT2D eigenvalue weighted by atomic mass is 9.76. The second-order valence-corrected chi connectivity index (χ2v) is 7.10. The van der Waals surface area contributed by atoms with Crippen molar-refractivity contribution in [3.05, 3.63) is 11.3 Å². The van der Waals surface area contributed by atoms with Crippen LogP contribution in [0.5, 0.6) is 0 Å². The molecule has 1 aromatic heterocycles. The van der Waals surface area contributed by atoms with Gasteiger partial charge in [-0.05, 0) is 39.2 Å². The highest BCUT2D eigenvalue weighted by Gasteiger charge is 2.40. The maximum atomic E-state index is 12.6. The Morgan fingerprint density at radius 1 is 1.35 bits per heavy atom. The summed E-state index contributed by atoms with van der Waals surface area (Å²) in [5, 5.41) is 10.1. The number of aromatic amines is 1. The molecule has 0 unspecified atom stereocenters. The van der Waals surface area contributed by atoms with Gasteiger partial charge in [0.25, 0.3) is 10.0 Å². The lowest BCUT2D eigenvalue weighted by molar-refractivity contribution is 0.213. The van der Waals surface area contributed by atoms with Crippen molar-refractivity contribution in [1.29, 1.82) is 0 Å². The molecule has 1 aliphatic carbocycles. The van der Waals surface area contributed by atoms with Crippen molar-refractivity contribution in [1.82, 2.24) is 20.2 Å². The van der Waals surface area contributed by atoms with E-state index in [0.717, 1.165) is 43.5 Å². The molecule has 1 aromatic rings. The minimum absolute atomic E-state index is 0.135. The number of nitrogens with one attached hydrogen (secondary N) is 3. The minimum Gasteiger partial charge on any atom is -0.313 e.